The highest BCUT2D eigenvalue weighted by atomic mass is 35.5. The van der Waals surface area contributed by atoms with Crippen LogP contribution in [0.25, 0.3) is 0 Å². The number of benzene rings is 2. The maximum atomic E-state index is 13.5. The third-order valence-electron chi connectivity index (χ3n) is 5.64. The fourth-order valence-electron chi connectivity index (χ4n) is 3.86. The molecule has 1 N–H and O–H groups in total. The molecule has 2 heterocycles. The van der Waals surface area contributed by atoms with Gasteiger partial charge in [-0.2, -0.15) is 0 Å². The maximum Gasteiger partial charge on any atom is 0.260 e. The number of nitrogens with zero attached hydrogens (tertiary/aromatic N) is 4. The molecule has 4 rings (SSSR count). The predicted molar refractivity (Wildman–Crippen MR) is 129 cm³/mol. The average Bonchev–Trinajstić information content (AvgIpc) is 3.26. The van der Waals surface area contributed by atoms with Crippen molar-refractivity contribution in [3.63, 3.8) is 0 Å². The van der Waals surface area contributed by atoms with Gasteiger partial charge in [0.05, 0.1) is 23.7 Å². The smallest absolute Gasteiger partial charge is 0.260 e. The van der Waals surface area contributed by atoms with Crippen molar-refractivity contribution in [1.82, 2.24) is 15.1 Å². The van der Waals surface area contributed by atoms with E-state index in [1.54, 1.807) is 17.0 Å². The summed E-state index contributed by atoms with van der Waals surface area (Å²) >= 11 is 6.39. The molecule has 2 amide bonds. The number of anilines is 1. The second-order valence-electron chi connectivity index (χ2n) is 8.18. The van der Waals surface area contributed by atoms with Crippen LogP contribution in [-0.2, 0) is 24.3 Å². The Bertz CT molecular complexity index is 1200. The van der Waals surface area contributed by atoms with Crippen LogP contribution < -0.4 is 9.64 Å². The lowest BCUT2D eigenvalue weighted by molar-refractivity contribution is -0.131. The number of carbonyl (C=O) groups is 2. The number of aliphatic hydroxyl groups excluding tert-OH is 1. The first-order valence-electron chi connectivity index (χ1n) is 11.5. The SMILES string of the molecule is CCCCc1nnc(CN2Cc3ccccc3N(C(=O)c3ccc(OCCO)cc3Cl)CC2=O)o1. The number of rotatable bonds is 9. The second kappa shape index (κ2) is 11.3. The number of aliphatic hydroxyl groups is 1. The van der Waals surface area contributed by atoms with Gasteiger partial charge in [-0.1, -0.05) is 43.1 Å². The summed E-state index contributed by atoms with van der Waals surface area (Å²) in [5.41, 5.74) is 1.70. The molecule has 0 unspecified atom stereocenters. The molecule has 9 nitrogen and oxygen atoms in total. The van der Waals surface area contributed by atoms with E-state index in [1.807, 2.05) is 24.3 Å². The van der Waals surface area contributed by atoms with Crippen LogP contribution in [0.3, 0.4) is 0 Å². The summed E-state index contributed by atoms with van der Waals surface area (Å²) < 4.78 is 11.1. The molecule has 2 aromatic carbocycles. The number of amides is 2. The minimum Gasteiger partial charge on any atom is -0.491 e. The summed E-state index contributed by atoms with van der Waals surface area (Å²) in [6.45, 7) is 2.37. The molecule has 0 fully saturated rings. The van der Waals surface area contributed by atoms with Crippen LogP contribution in [-0.4, -0.2) is 51.8 Å². The van der Waals surface area contributed by atoms with Gasteiger partial charge >= 0.3 is 0 Å². The Morgan fingerprint density at radius 2 is 1.97 bits per heavy atom. The van der Waals surface area contributed by atoms with Gasteiger partial charge in [0, 0.05) is 18.7 Å². The van der Waals surface area contributed by atoms with Crippen molar-refractivity contribution in [2.75, 3.05) is 24.7 Å². The molecule has 0 radical (unpaired) electrons. The molecule has 1 aliphatic heterocycles. The third-order valence-corrected chi connectivity index (χ3v) is 5.96. The zero-order valence-electron chi connectivity index (χ0n) is 19.4. The quantitative estimate of drug-likeness (QED) is 0.479. The van der Waals surface area contributed by atoms with E-state index >= 15 is 0 Å². The van der Waals surface area contributed by atoms with Gasteiger partial charge in [-0.15, -0.1) is 10.2 Å². The van der Waals surface area contributed by atoms with Crippen molar-refractivity contribution in [2.24, 2.45) is 0 Å². The molecule has 3 aromatic rings. The molecule has 10 heteroatoms. The Hall–Kier alpha value is -3.43. The van der Waals surface area contributed by atoms with Crippen LogP contribution in [0.15, 0.2) is 46.9 Å². The second-order valence-corrected chi connectivity index (χ2v) is 8.58. The van der Waals surface area contributed by atoms with Crippen molar-refractivity contribution in [1.29, 1.82) is 0 Å². The Labute approximate surface area is 208 Å². The van der Waals surface area contributed by atoms with E-state index in [-0.39, 0.29) is 42.8 Å². The Balaban J connectivity index is 1.57. The highest BCUT2D eigenvalue weighted by molar-refractivity contribution is 6.34. The van der Waals surface area contributed by atoms with Crippen LogP contribution in [0.4, 0.5) is 5.69 Å². The van der Waals surface area contributed by atoms with Gasteiger partial charge in [-0.3, -0.25) is 14.5 Å². The average molecular weight is 499 g/mol. The number of hydrogen-bond donors (Lipinski definition) is 1. The van der Waals surface area contributed by atoms with E-state index in [9.17, 15) is 9.59 Å². The molecular weight excluding hydrogens is 472 g/mol. The van der Waals surface area contributed by atoms with E-state index in [2.05, 4.69) is 17.1 Å². The van der Waals surface area contributed by atoms with Gasteiger partial charge in [0.25, 0.3) is 5.91 Å². The molecular formula is C25H27ClN4O5. The number of carbonyl (C=O) groups excluding carboxylic acids is 2. The van der Waals surface area contributed by atoms with Crippen molar-refractivity contribution in [3.05, 3.63) is 70.4 Å². The van der Waals surface area contributed by atoms with Gasteiger partial charge in [0.15, 0.2) is 0 Å². The first-order valence-corrected chi connectivity index (χ1v) is 11.9. The molecule has 1 aliphatic rings. The van der Waals surface area contributed by atoms with Crippen LogP contribution in [0.1, 0.15) is 47.5 Å². The monoisotopic (exact) mass is 498 g/mol. The molecule has 0 atom stereocenters. The predicted octanol–water partition coefficient (Wildman–Crippen LogP) is 3.63. The fraction of sp³-hybridized carbons (Fsp3) is 0.360. The Morgan fingerprint density at radius 1 is 1.17 bits per heavy atom. The van der Waals surface area contributed by atoms with E-state index in [0.717, 1.165) is 18.4 Å². The number of fused-ring (bicyclic) bond motifs is 1. The highest BCUT2D eigenvalue weighted by Gasteiger charge is 2.31. The van der Waals surface area contributed by atoms with Crippen LogP contribution in [0, 0.1) is 0 Å². The lowest BCUT2D eigenvalue weighted by Gasteiger charge is -2.23. The first kappa shape index (κ1) is 24.7. The summed E-state index contributed by atoms with van der Waals surface area (Å²) in [6.07, 6.45) is 2.67. The minimum absolute atomic E-state index is 0.119. The largest absolute Gasteiger partial charge is 0.491 e. The molecule has 0 saturated carbocycles. The molecule has 184 valence electrons. The molecule has 1 aromatic heterocycles. The van der Waals surface area contributed by atoms with Crippen LogP contribution in [0.5, 0.6) is 5.75 Å². The number of hydrogen-bond acceptors (Lipinski definition) is 7. The number of aromatic nitrogens is 2. The van der Waals surface area contributed by atoms with E-state index < -0.39 is 5.91 Å². The zero-order valence-corrected chi connectivity index (χ0v) is 20.2. The summed E-state index contributed by atoms with van der Waals surface area (Å²) in [7, 11) is 0. The number of unbranched alkanes of at least 4 members (excludes halogenated alkanes) is 1. The summed E-state index contributed by atoms with van der Waals surface area (Å²) in [5.74, 6) is 0.718. The normalized spacial score (nSPS) is 13.5. The van der Waals surface area contributed by atoms with Crippen LogP contribution >= 0.6 is 11.6 Å². The van der Waals surface area contributed by atoms with Crippen molar-refractivity contribution < 1.29 is 23.8 Å². The molecule has 0 bridgehead atoms. The molecule has 0 saturated heterocycles. The van der Waals surface area contributed by atoms with Crippen molar-refractivity contribution in [3.8, 4) is 5.75 Å². The van der Waals surface area contributed by atoms with Crippen LogP contribution in [0.2, 0.25) is 5.02 Å². The number of aryl methyl sites for hydroxylation is 1. The number of para-hydroxylation sites is 1. The third kappa shape index (κ3) is 5.80. The Morgan fingerprint density at radius 3 is 2.74 bits per heavy atom. The van der Waals surface area contributed by atoms with Gasteiger partial charge in [-0.25, -0.2) is 0 Å². The summed E-state index contributed by atoms with van der Waals surface area (Å²) in [5, 5.41) is 17.3. The number of halogens is 1. The zero-order chi connectivity index (χ0) is 24.8. The highest BCUT2D eigenvalue weighted by Crippen LogP contribution is 2.30. The van der Waals surface area contributed by atoms with Crippen molar-refractivity contribution >= 4 is 29.1 Å². The fourth-order valence-corrected chi connectivity index (χ4v) is 4.11. The molecule has 35 heavy (non-hydrogen) atoms. The van der Waals surface area contributed by atoms with Crippen molar-refractivity contribution in [2.45, 2.75) is 39.3 Å². The van der Waals surface area contributed by atoms with E-state index in [0.29, 0.717) is 36.2 Å². The standard InChI is InChI=1S/C25H27ClN4O5/c1-2-3-8-22-27-28-23(35-22)15-29-14-17-6-4-5-7-21(17)30(16-24(29)32)25(33)19-10-9-18(13-20(19)26)34-12-11-31/h4-7,9-10,13,31H,2-3,8,11-12,14-16H2,1H3. The summed E-state index contributed by atoms with van der Waals surface area (Å²) in [4.78, 5) is 29.8. The van der Waals surface area contributed by atoms with Gasteiger partial charge in [0.1, 0.15) is 18.9 Å². The van der Waals surface area contributed by atoms with Gasteiger partial charge < -0.3 is 19.2 Å². The maximum absolute atomic E-state index is 13.5. The molecule has 0 spiro atoms. The number of ether oxygens (including phenoxy) is 1. The van der Waals surface area contributed by atoms with E-state index in [4.69, 9.17) is 25.9 Å². The minimum atomic E-state index is -0.397. The first-order chi connectivity index (χ1) is 17.0. The Kier molecular flexibility index (Phi) is 7.99. The summed E-state index contributed by atoms with van der Waals surface area (Å²) in [6, 6.07) is 12.1. The lowest BCUT2D eigenvalue weighted by Crippen LogP contribution is -2.40. The van der Waals surface area contributed by atoms with Gasteiger partial charge in [-0.05, 0) is 36.2 Å². The van der Waals surface area contributed by atoms with Gasteiger partial charge in [0.2, 0.25) is 17.7 Å². The van der Waals surface area contributed by atoms with E-state index in [1.165, 1.54) is 11.0 Å². The molecule has 0 aliphatic carbocycles. The topological polar surface area (TPSA) is 109 Å². The lowest BCUT2D eigenvalue weighted by atomic mass is 10.1.